The SMILES string of the molecule is CC#CCOc1ccc(S[C@H](C(=O)OCC)C(C)C)cc1. The maximum Gasteiger partial charge on any atom is 0.319 e. The van der Waals surface area contributed by atoms with Crippen LogP contribution in [0.15, 0.2) is 29.2 Å². The van der Waals surface area contributed by atoms with Gasteiger partial charge in [0.25, 0.3) is 0 Å². The Bertz CT molecular complexity index is 497. The van der Waals surface area contributed by atoms with Crippen LogP contribution in [0.1, 0.15) is 27.7 Å². The zero-order valence-electron chi connectivity index (χ0n) is 13.0. The van der Waals surface area contributed by atoms with Gasteiger partial charge in [-0.2, -0.15) is 0 Å². The maximum absolute atomic E-state index is 11.9. The van der Waals surface area contributed by atoms with Gasteiger partial charge in [0.15, 0.2) is 0 Å². The van der Waals surface area contributed by atoms with Crippen LogP contribution in [0.2, 0.25) is 0 Å². The number of rotatable bonds is 7. The van der Waals surface area contributed by atoms with Crippen LogP contribution < -0.4 is 4.74 Å². The monoisotopic (exact) mass is 306 g/mol. The van der Waals surface area contributed by atoms with Crippen LogP contribution in [0, 0.1) is 17.8 Å². The molecule has 0 N–H and O–H groups in total. The zero-order chi connectivity index (χ0) is 15.7. The topological polar surface area (TPSA) is 35.5 Å². The third kappa shape index (κ3) is 6.14. The molecule has 0 spiro atoms. The van der Waals surface area contributed by atoms with Crippen LogP contribution in [-0.2, 0) is 9.53 Å². The van der Waals surface area contributed by atoms with Crippen LogP contribution in [0.5, 0.6) is 5.75 Å². The van der Waals surface area contributed by atoms with Gasteiger partial charge in [0.2, 0.25) is 0 Å². The van der Waals surface area contributed by atoms with E-state index in [0.29, 0.717) is 13.2 Å². The fourth-order valence-electron chi connectivity index (χ4n) is 1.63. The molecule has 1 rings (SSSR count). The minimum Gasteiger partial charge on any atom is -0.481 e. The molecule has 21 heavy (non-hydrogen) atoms. The van der Waals surface area contributed by atoms with Crippen molar-refractivity contribution >= 4 is 17.7 Å². The Morgan fingerprint density at radius 2 is 1.95 bits per heavy atom. The van der Waals surface area contributed by atoms with E-state index < -0.39 is 0 Å². The molecule has 0 saturated carbocycles. The first kappa shape index (κ1) is 17.5. The molecule has 0 radical (unpaired) electrons. The van der Waals surface area contributed by atoms with Gasteiger partial charge < -0.3 is 9.47 Å². The van der Waals surface area contributed by atoms with Crippen molar-refractivity contribution in [2.45, 2.75) is 37.8 Å². The van der Waals surface area contributed by atoms with Crippen molar-refractivity contribution in [2.24, 2.45) is 5.92 Å². The molecule has 0 bridgehead atoms. The summed E-state index contributed by atoms with van der Waals surface area (Å²) in [6, 6.07) is 7.69. The minimum absolute atomic E-state index is 0.156. The van der Waals surface area contributed by atoms with Gasteiger partial charge in [-0.25, -0.2) is 0 Å². The third-order valence-electron chi connectivity index (χ3n) is 2.70. The highest BCUT2D eigenvalue weighted by Crippen LogP contribution is 2.30. The van der Waals surface area contributed by atoms with Crippen molar-refractivity contribution in [3.05, 3.63) is 24.3 Å². The second-order valence-electron chi connectivity index (χ2n) is 4.72. The van der Waals surface area contributed by atoms with E-state index in [1.165, 1.54) is 11.8 Å². The van der Waals surface area contributed by atoms with Crippen LogP contribution in [0.4, 0.5) is 0 Å². The molecule has 0 aliphatic carbocycles. The van der Waals surface area contributed by atoms with E-state index in [2.05, 4.69) is 11.8 Å². The van der Waals surface area contributed by atoms with Crippen LogP contribution in [0.3, 0.4) is 0 Å². The quantitative estimate of drug-likeness (QED) is 0.436. The summed E-state index contributed by atoms with van der Waals surface area (Å²) in [5, 5.41) is -0.192. The van der Waals surface area contributed by atoms with E-state index >= 15 is 0 Å². The summed E-state index contributed by atoms with van der Waals surface area (Å²) in [6.45, 7) is 8.45. The van der Waals surface area contributed by atoms with Crippen molar-refractivity contribution in [1.82, 2.24) is 0 Å². The van der Waals surface area contributed by atoms with Crippen LogP contribution in [0.25, 0.3) is 0 Å². The summed E-state index contributed by atoms with van der Waals surface area (Å²) in [5.74, 6) is 6.46. The molecule has 1 atom stereocenters. The largest absolute Gasteiger partial charge is 0.481 e. The third-order valence-corrected chi connectivity index (χ3v) is 4.23. The molecule has 0 heterocycles. The molecule has 3 nitrogen and oxygen atoms in total. The van der Waals surface area contributed by atoms with Gasteiger partial charge in [0, 0.05) is 4.90 Å². The minimum atomic E-state index is -0.192. The fraction of sp³-hybridized carbons (Fsp3) is 0.471. The molecule has 0 amide bonds. The van der Waals surface area contributed by atoms with E-state index in [1.807, 2.05) is 45.0 Å². The number of carbonyl (C=O) groups is 1. The summed E-state index contributed by atoms with van der Waals surface area (Å²) in [6.07, 6.45) is 0. The van der Waals surface area contributed by atoms with Crippen molar-refractivity contribution in [1.29, 1.82) is 0 Å². The molecule has 0 aliphatic rings. The second kappa shape index (κ2) is 9.36. The lowest BCUT2D eigenvalue weighted by Crippen LogP contribution is -2.25. The molecule has 1 aromatic carbocycles. The van der Waals surface area contributed by atoms with Gasteiger partial charge in [0.05, 0.1) is 6.61 Å². The lowest BCUT2D eigenvalue weighted by molar-refractivity contribution is -0.143. The Balaban J connectivity index is 2.66. The maximum atomic E-state index is 11.9. The molecule has 0 unspecified atom stereocenters. The van der Waals surface area contributed by atoms with E-state index in [9.17, 15) is 4.79 Å². The summed E-state index contributed by atoms with van der Waals surface area (Å²) >= 11 is 1.52. The van der Waals surface area contributed by atoms with Gasteiger partial charge in [0.1, 0.15) is 17.6 Å². The van der Waals surface area contributed by atoms with Gasteiger partial charge in [-0.1, -0.05) is 19.8 Å². The highest BCUT2D eigenvalue weighted by atomic mass is 32.2. The van der Waals surface area contributed by atoms with Crippen molar-refractivity contribution in [3.63, 3.8) is 0 Å². The molecule has 1 aromatic rings. The predicted molar refractivity (Wildman–Crippen MR) is 86.5 cm³/mol. The number of hydrogen-bond acceptors (Lipinski definition) is 4. The normalized spacial score (nSPS) is 11.5. The van der Waals surface area contributed by atoms with E-state index in [-0.39, 0.29) is 17.1 Å². The smallest absolute Gasteiger partial charge is 0.319 e. The summed E-state index contributed by atoms with van der Waals surface area (Å²) < 4.78 is 10.6. The van der Waals surface area contributed by atoms with Gasteiger partial charge in [-0.3, -0.25) is 4.79 Å². The van der Waals surface area contributed by atoms with Crippen LogP contribution in [-0.4, -0.2) is 24.4 Å². The molecule has 4 heteroatoms. The van der Waals surface area contributed by atoms with Crippen LogP contribution >= 0.6 is 11.8 Å². The Kier molecular flexibility index (Phi) is 7.78. The number of hydrogen-bond donors (Lipinski definition) is 0. The van der Waals surface area contributed by atoms with E-state index in [4.69, 9.17) is 9.47 Å². The first-order chi connectivity index (χ1) is 10.1. The van der Waals surface area contributed by atoms with Gasteiger partial charge in [-0.05, 0) is 44.0 Å². The lowest BCUT2D eigenvalue weighted by Gasteiger charge is -2.18. The second-order valence-corrected chi connectivity index (χ2v) is 5.94. The predicted octanol–water partition coefficient (Wildman–Crippen LogP) is 3.77. The molecule has 0 fully saturated rings. The number of thioether (sulfide) groups is 1. The first-order valence-electron chi connectivity index (χ1n) is 7.04. The molecule has 0 saturated heterocycles. The van der Waals surface area contributed by atoms with Gasteiger partial charge in [-0.15, -0.1) is 17.7 Å². The van der Waals surface area contributed by atoms with Crippen molar-refractivity contribution in [3.8, 4) is 17.6 Å². The molecule has 0 aromatic heterocycles. The standard InChI is InChI=1S/C17H22O3S/c1-5-7-12-20-14-8-10-15(11-9-14)21-16(13(3)4)17(18)19-6-2/h8-11,13,16H,6,12H2,1-4H3/t16-/m0/s1. The van der Waals surface area contributed by atoms with E-state index in [1.54, 1.807) is 6.92 Å². The molecule has 114 valence electrons. The number of carbonyl (C=O) groups excluding carboxylic acids is 1. The Hall–Kier alpha value is -1.60. The lowest BCUT2D eigenvalue weighted by atomic mass is 10.1. The van der Waals surface area contributed by atoms with Crippen molar-refractivity contribution in [2.75, 3.05) is 13.2 Å². The first-order valence-corrected chi connectivity index (χ1v) is 7.92. The Morgan fingerprint density at radius 1 is 1.29 bits per heavy atom. The fourth-order valence-corrected chi connectivity index (χ4v) is 2.66. The average molecular weight is 306 g/mol. The molecular weight excluding hydrogens is 284 g/mol. The number of ether oxygens (including phenoxy) is 2. The van der Waals surface area contributed by atoms with Crippen molar-refractivity contribution < 1.29 is 14.3 Å². The zero-order valence-corrected chi connectivity index (χ0v) is 13.8. The molecule has 0 aliphatic heterocycles. The number of benzene rings is 1. The number of esters is 1. The Labute approximate surface area is 131 Å². The Morgan fingerprint density at radius 3 is 2.48 bits per heavy atom. The summed E-state index contributed by atoms with van der Waals surface area (Å²) in [4.78, 5) is 13.0. The van der Waals surface area contributed by atoms with E-state index in [0.717, 1.165) is 10.6 Å². The summed E-state index contributed by atoms with van der Waals surface area (Å²) in [7, 11) is 0. The summed E-state index contributed by atoms with van der Waals surface area (Å²) in [5.41, 5.74) is 0. The highest BCUT2D eigenvalue weighted by Gasteiger charge is 2.24. The molecular formula is C17H22O3S. The highest BCUT2D eigenvalue weighted by molar-refractivity contribution is 8.00. The van der Waals surface area contributed by atoms with Gasteiger partial charge >= 0.3 is 5.97 Å². The average Bonchev–Trinajstić information content (AvgIpc) is 2.46.